The number of halogens is 1. The number of esters is 1. The number of hydrogen-bond acceptors (Lipinski definition) is 13. The van der Waals surface area contributed by atoms with Gasteiger partial charge in [-0.15, -0.1) is 0 Å². The predicted molar refractivity (Wildman–Crippen MR) is 257 cm³/mol. The summed E-state index contributed by atoms with van der Waals surface area (Å²) >= 11 is 6.34. The number of amides is 1. The van der Waals surface area contributed by atoms with Crippen molar-refractivity contribution in [1.82, 2.24) is 4.90 Å². The quantitative estimate of drug-likeness (QED) is 0.101. The monoisotopic (exact) mass is 972 g/mol. The summed E-state index contributed by atoms with van der Waals surface area (Å²) in [5.74, 6) is -7.92. The normalized spacial score (nSPS) is 35.5. The molecule has 0 spiro atoms. The highest BCUT2D eigenvalue weighted by Gasteiger charge is 2.56. The van der Waals surface area contributed by atoms with Crippen LogP contribution in [-0.4, -0.2) is 133 Å². The van der Waals surface area contributed by atoms with Gasteiger partial charge in [0.25, 0.3) is 11.7 Å². The third-order valence-corrected chi connectivity index (χ3v) is 15.7. The van der Waals surface area contributed by atoms with Crippen LogP contribution in [0.25, 0.3) is 0 Å². The van der Waals surface area contributed by atoms with Crippen LogP contribution in [-0.2, 0) is 47.6 Å². The van der Waals surface area contributed by atoms with Crippen LogP contribution in [0.4, 0.5) is 0 Å². The van der Waals surface area contributed by atoms with E-state index in [2.05, 4.69) is 0 Å². The summed E-state index contributed by atoms with van der Waals surface area (Å²) in [6, 6.07) is 2.37. The fourth-order valence-corrected chi connectivity index (χ4v) is 11.0. The maximum absolute atomic E-state index is 14.5. The highest BCUT2D eigenvalue weighted by Crippen LogP contribution is 2.39. The Hall–Kier alpha value is -3.34. The molecule has 14 nitrogen and oxygen atoms in total. The lowest BCUT2D eigenvalue weighted by Crippen LogP contribution is -2.64. The number of methoxy groups -OCH3 is 3. The minimum absolute atomic E-state index is 0.0158. The average molecular weight is 973 g/mol. The number of aliphatic hydroxyl groups excluding tert-OH is 1. The summed E-state index contributed by atoms with van der Waals surface area (Å²) in [5.41, 5.74) is 3.79. The first kappa shape index (κ1) is 55.6. The Labute approximate surface area is 408 Å². The minimum Gasteiger partial charge on any atom is -0.456 e. The third kappa shape index (κ3) is 13.1. The molecule has 14 atom stereocenters. The van der Waals surface area contributed by atoms with Crippen molar-refractivity contribution in [2.75, 3.05) is 34.5 Å². The Morgan fingerprint density at radius 2 is 1.54 bits per heavy atom. The van der Waals surface area contributed by atoms with Crippen molar-refractivity contribution in [2.45, 2.75) is 181 Å². The van der Waals surface area contributed by atoms with Crippen LogP contribution in [0.3, 0.4) is 0 Å². The summed E-state index contributed by atoms with van der Waals surface area (Å²) in [6.07, 6.45) is 3.68. The van der Waals surface area contributed by atoms with Gasteiger partial charge in [0, 0.05) is 62.6 Å². The van der Waals surface area contributed by atoms with E-state index >= 15 is 0 Å². The number of ketones is 3. The SMILES string of the molecule is CCC1C=C(C)CC(C)CC(OC)C2OC(O)(C(=O)C(=O)N3CCCCC3C(=O)OC(C(C)=CC3CCC(OCC(=O)c4cc(C)c(Cl)c(C)c4)C(OC)C3)C(C)C(O)CC1=O)C(C)CC2OC. The van der Waals surface area contributed by atoms with Crippen LogP contribution >= 0.6 is 11.6 Å². The van der Waals surface area contributed by atoms with Crippen molar-refractivity contribution in [2.24, 2.45) is 29.6 Å². The Kier molecular flexibility index (Phi) is 20.2. The van der Waals surface area contributed by atoms with Gasteiger partial charge in [-0.3, -0.25) is 19.2 Å². The number of allylic oxidation sites excluding steroid dienone is 3. The lowest BCUT2D eigenvalue weighted by atomic mass is 9.81. The van der Waals surface area contributed by atoms with Gasteiger partial charge in [-0.05, 0) is 133 Å². The number of carbonyl (C=O) groups excluding carboxylic acids is 5. The minimum atomic E-state index is -2.53. The number of ether oxygens (including phenoxy) is 6. The molecule has 2 saturated heterocycles. The second-order valence-corrected chi connectivity index (χ2v) is 20.7. The zero-order valence-corrected chi connectivity index (χ0v) is 43.0. The molecule has 1 aromatic rings. The number of aryl methyl sites for hydroxylation is 2. The Bertz CT molecular complexity index is 2000. The molecule has 2 bridgehead atoms. The molecule has 4 aliphatic rings. The maximum Gasteiger partial charge on any atom is 0.329 e. The van der Waals surface area contributed by atoms with Crippen molar-refractivity contribution in [3.05, 3.63) is 57.1 Å². The van der Waals surface area contributed by atoms with Gasteiger partial charge in [-0.2, -0.15) is 0 Å². The Balaban J connectivity index is 1.44. The molecule has 3 fully saturated rings. The number of rotatable bonds is 10. The molecule has 1 amide bonds. The number of fused-ring (bicyclic) bond motifs is 3. The Morgan fingerprint density at radius 1 is 0.897 bits per heavy atom. The van der Waals surface area contributed by atoms with Crippen molar-refractivity contribution in [3.8, 4) is 0 Å². The van der Waals surface area contributed by atoms with Crippen molar-refractivity contribution in [3.63, 3.8) is 0 Å². The molecule has 0 aromatic heterocycles. The number of aliphatic hydroxyl groups is 2. The number of Topliss-reactive ketones (excluding diaryl/α,β-unsaturated/α-hetero) is 3. The van der Waals surface area contributed by atoms with Gasteiger partial charge in [0.1, 0.15) is 30.6 Å². The van der Waals surface area contributed by atoms with E-state index in [1.807, 2.05) is 53.7 Å². The molecule has 3 heterocycles. The predicted octanol–water partition coefficient (Wildman–Crippen LogP) is 7.65. The Morgan fingerprint density at radius 3 is 2.18 bits per heavy atom. The van der Waals surface area contributed by atoms with E-state index in [0.717, 1.165) is 16.7 Å². The van der Waals surface area contributed by atoms with Gasteiger partial charge in [-0.25, -0.2) is 4.79 Å². The zero-order chi connectivity index (χ0) is 50.2. The van der Waals surface area contributed by atoms with E-state index in [1.54, 1.807) is 33.1 Å². The van der Waals surface area contributed by atoms with E-state index in [4.69, 9.17) is 40.0 Å². The standard InChI is InChI=1S/C53H78ClNO13/c1-12-37-20-29(2)19-30(3)21-45(64-10)49-46(65-11)25-34(7)53(62,68-49)50(59)51(60)55-18-14-13-15-39(55)52(61)67-48(35(8)40(56)27-41(37)57)33(6)22-36-16-17-43(44(26-36)63-9)66-28-42(58)38-23-31(4)47(54)32(5)24-38/h20,22-24,30,34-37,39-40,43-46,48-49,56,62H,12-19,21,25-28H2,1-11H3. The molecular weight excluding hydrogens is 894 g/mol. The molecule has 2 N–H and O–H groups in total. The van der Waals surface area contributed by atoms with Crippen molar-refractivity contribution < 1.29 is 62.6 Å². The maximum atomic E-state index is 14.5. The molecule has 1 aromatic carbocycles. The van der Waals surface area contributed by atoms with Gasteiger partial charge < -0.3 is 43.5 Å². The fourth-order valence-electron chi connectivity index (χ4n) is 10.9. The van der Waals surface area contributed by atoms with Gasteiger partial charge in [0.05, 0.1) is 30.5 Å². The first-order valence-electron chi connectivity index (χ1n) is 24.7. The summed E-state index contributed by atoms with van der Waals surface area (Å²) in [4.78, 5) is 71.7. The van der Waals surface area contributed by atoms with Crippen LogP contribution in [0.2, 0.25) is 5.02 Å². The third-order valence-electron chi connectivity index (χ3n) is 15.1. The van der Waals surface area contributed by atoms with Gasteiger partial charge in [0.15, 0.2) is 5.78 Å². The van der Waals surface area contributed by atoms with Crippen LogP contribution < -0.4 is 0 Å². The van der Waals surface area contributed by atoms with E-state index in [-0.39, 0.29) is 68.0 Å². The number of piperidine rings is 1. The molecule has 5 rings (SSSR count). The smallest absolute Gasteiger partial charge is 0.329 e. The molecule has 3 aliphatic heterocycles. The van der Waals surface area contributed by atoms with Crippen molar-refractivity contribution in [1.29, 1.82) is 0 Å². The first-order chi connectivity index (χ1) is 32.2. The molecule has 0 radical (unpaired) electrons. The van der Waals surface area contributed by atoms with Gasteiger partial charge in [-0.1, -0.05) is 57.0 Å². The number of nitrogens with zero attached hydrogens (tertiary/aromatic N) is 1. The van der Waals surface area contributed by atoms with Crippen LogP contribution in [0.15, 0.2) is 35.4 Å². The molecule has 1 saturated carbocycles. The second kappa shape index (κ2) is 24.7. The van der Waals surface area contributed by atoms with Crippen LogP contribution in [0, 0.1) is 43.4 Å². The molecule has 380 valence electrons. The largest absolute Gasteiger partial charge is 0.456 e. The van der Waals surface area contributed by atoms with Gasteiger partial charge in [0.2, 0.25) is 5.79 Å². The highest BCUT2D eigenvalue weighted by atomic mass is 35.5. The first-order valence-corrected chi connectivity index (χ1v) is 25.1. The van der Waals surface area contributed by atoms with E-state index in [9.17, 15) is 34.2 Å². The zero-order valence-electron chi connectivity index (χ0n) is 42.2. The number of hydrogen-bond donors (Lipinski definition) is 2. The number of benzene rings is 1. The van der Waals surface area contributed by atoms with E-state index < -0.39 is 77.8 Å². The lowest BCUT2D eigenvalue weighted by molar-refractivity contribution is -0.302. The summed E-state index contributed by atoms with van der Waals surface area (Å²) in [7, 11) is 4.67. The van der Waals surface area contributed by atoms with E-state index in [1.165, 1.54) is 19.1 Å². The summed E-state index contributed by atoms with van der Waals surface area (Å²) in [5, 5.41) is 24.6. The molecular formula is C53H78ClNO13. The average Bonchev–Trinajstić information content (AvgIpc) is 3.31. The number of carbonyl (C=O) groups is 5. The van der Waals surface area contributed by atoms with Crippen LogP contribution in [0.5, 0.6) is 0 Å². The topological polar surface area (TPSA) is 184 Å². The van der Waals surface area contributed by atoms with E-state index in [0.29, 0.717) is 67.5 Å². The summed E-state index contributed by atoms with van der Waals surface area (Å²) in [6.45, 7) is 14.8. The molecule has 14 unspecified atom stereocenters. The molecule has 1 aliphatic carbocycles. The lowest BCUT2D eigenvalue weighted by Gasteiger charge is -2.47. The van der Waals surface area contributed by atoms with Crippen molar-refractivity contribution >= 4 is 40.8 Å². The summed E-state index contributed by atoms with van der Waals surface area (Å²) < 4.78 is 36.5. The second-order valence-electron chi connectivity index (χ2n) is 20.3. The molecule has 15 heteroatoms. The van der Waals surface area contributed by atoms with Crippen LogP contribution in [0.1, 0.15) is 134 Å². The number of cyclic esters (lactones) is 1. The highest BCUT2D eigenvalue weighted by molar-refractivity contribution is 6.39. The fraction of sp³-hybridized carbons (Fsp3) is 0.717. The van der Waals surface area contributed by atoms with Gasteiger partial charge >= 0.3 is 5.97 Å². The molecule has 68 heavy (non-hydrogen) atoms.